The summed E-state index contributed by atoms with van der Waals surface area (Å²) >= 11 is 0. The molecule has 3 nitrogen and oxygen atoms in total. The predicted octanol–water partition coefficient (Wildman–Crippen LogP) is 7.06. The number of rotatable bonds is 6. The number of alkyl halides is 6. The summed E-state index contributed by atoms with van der Waals surface area (Å²) in [5.41, 5.74) is -2.40. The normalized spacial score (nSPS) is 31.1. The highest BCUT2D eigenvalue weighted by Gasteiger charge is 2.69. The van der Waals surface area contributed by atoms with Crippen LogP contribution in [0.2, 0.25) is 0 Å². The number of phenols is 1. The molecule has 0 saturated heterocycles. The van der Waals surface area contributed by atoms with Crippen LogP contribution in [0.3, 0.4) is 0 Å². The van der Waals surface area contributed by atoms with E-state index in [0.29, 0.717) is 11.8 Å². The molecule has 1 N–H and O–H groups in total. The number of aryl methyl sites for hydroxylation is 1. The van der Waals surface area contributed by atoms with Gasteiger partial charge in [-0.3, -0.25) is 0 Å². The second kappa shape index (κ2) is 9.08. The predicted molar refractivity (Wildman–Crippen MR) is 114 cm³/mol. The van der Waals surface area contributed by atoms with Crippen molar-refractivity contribution in [2.45, 2.75) is 88.8 Å². The van der Waals surface area contributed by atoms with E-state index in [0.717, 1.165) is 49.7 Å². The summed E-state index contributed by atoms with van der Waals surface area (Å²) < 4.78 is 102. The first kappa shape index (κ1) is 26.5. The Kier molecular flexibility index (Phi) is 6.88. The molecule has 35 heavy (non-hydrogen) atoms. The lowest BCUT2D eigenvalue weighted by molar-refractivity contribution is -0.374. The van der Waals surface area contributed by atoms with Crippen molar-refractivity contribution in [3.8, 4) is 5.75 Å². The van der Waals surface area contributed by atoms with E-state index in [2.05, 4.69) is 11.7 Å². The lowest BCUT2D eigenvalue weighted by atomic mass is 9.55. The third kappa shape index (κ3) is 4.54. The monoisotopic (exact) mass is 512 g/mol. The van der Waals surface area contributed by atoms with Gasteiger partial charge in [0.05, 0.1) is 12.7 Å². The molecular weight excluding hydrogens is 481 g/mol. The molecule has 198 valence electrons. The maximum absolute atomic E-state index is 14.1. The van der Waals surface area contributed by atoms with Crippen molar-refractivity contribution in [1.82, 2.24) is 0 Å². The van der Waals surface area contributed by atoms with Gasteiger partial charge in [-0.05, 0) is 98.3 Å². The SMILES string of the molecule is CC(OCCCO[C@H]1CC[C@H]2[C@@H]3CCc4cc(O)c(F)cc4[C@H]3CC[C@]12C)(C(F)(F)F)C(F)(F)F. The molecule has 0 unspecified atom stereocenters. The Labute approximate surface area is 200 Å². The highest BCUT2D eigenvalue weighted by atomic mass is 19.4. The van der Waals surface area contributed by atoms with Crippen LogP contribution in [0.4, 0.5) is 30.7 Å². The van der Waals surface area contributed by atoms with E-state index < -0.39 is 30.4 Å². The van der Waals surface area contributed by atoms with E-state index in [-0.39, 0.29) is 43.1 Å². The molecule has 10 heteroatoms. The molecule has 0 heterocycles. The minimum atomic E-state index is -5.57. The van der Waals surface area contributed by atoms with Gasteiger partial charge in [0.1, 0.15) is 0 Å². The lowest BCUT2D eigenvalue weighted by Gasteiger charge is -2.50. The Balaban J connectivity index is 1.35. The molecule has 3 aliphatic rings. The lowest BCUT2D eigenvalue weighted by Crippen LogP contribution is -2.56. The molecule has 0 bridgehead atoms. The molecule has 1 aromatic carbocycles. The van der Waals surface area contributed by atoms with E-state index in [1.54, 1.807) is 0 Å². The van der Waals surface area contributed by atoms with Gasteiger partial charge in [-0.1, -0.05) is 6.92 Å². The van der Waals surface area contributed by atoms with E-state index in [4.69, 9.17) is 4.74 Å². The van der Waals surface area contributed by atoms with E-state index in [1.165, 1.54) is 12.1 Å². The van der Waals surface area contributed by atoms with Crippen molar-refractivity contribution >= 4 is 0 Å². The molecule has 4 rings (SSSR count). The number of ether oxygens (including phenoxy) is 2. The molecule has 2 saturated carbocycles. The van der Waals surface area contributed by atoms with E-state index in [9.17, 15) is 35.8 Å². The maximum Gasteiger partial charge on any atom is 0.426 e. The third-order valence-electron chi connectivity index (χ3n) is 8.79. The standard InChI is InChI=1S/C25H31F7O3/c1-22-9-8-15-16(5-4-14-12-20(33)19(26)13-17(14)15)18(22)6-7-21(22)34-10-3-11-35-23(2,24(27,28)29)25(30,31)32/h12-13,15-16,18,21,33H,3-11H2,1-2H3/t15-,16+,18-,21-,22-/m0/s1. The van der Waals surface area contributed by atoms with Gasteiger partial charge in [-0.15, -0.1) is 0 Å². The fraction of sp³-hybridized carbons (Fsp3) is 0.760. The molecule has 0 spiro atoms. The Morgan fingerprint density at radius 2 is 1.69 bits per heavy atom. The van der Waals surface area contributed by atoms with Gasteiger partial charge >= 0.3 is 12.4 Å². The topological polar surface area (TPSA) is 38.7 Å². The largest absolute Gasteiger partial charge is 0.505 e. The zero-order valence-electron chi connectivity index (χ0n) is 19.7. The highest BCUT2D eigenvalue weighted by Crippen LogP contribution is 2.61. The van der Waals surface area contributed by atoms with Gasteiger partial charge in [-0.25, -0.2) is 4.39 Å². The van der Waals surface area contributed by atoms with Crippen molar-refractivity contribution in [2.24, 2.45) is 17.3 Å². The highest BCUT2D eigenvalue weighted by molar-refractivity contribution is 5.41. The second-order valence-electron chi connectivity index (χ2n) is 10.6. The number of benzene rings is 1. The quantitative estimate of drug-likeness (QED) is 0.328. The van der Waals surface area contributed by atoms with Gasteiger partial charge in [0.25, 0.3) is 5.60 Å². The summed E-state index contributed by atoms with van der Waals surface area (Å²) in [5, 5.41) is 9.73. The summed E-state index contributed by atoms with van der Waals surface area (Å²) in [6, 6.07) is 2.99. The first-order valence-corrected chi connectivity index (χ1v) is 12.1. The van der Waals surface area contributed by atoms with Crippen LogP contribution < -0.4 is 0 Å². The summed E-state index contributed by atoms with van der Waals surface area (Å²) in [7, 11) is 0. The number of phenolic OH excluding ortho intramolecular Hbond substituents is 1. The van der Waals surface area contributed by atoms with Crippen LogP contribution in [0, 0.1) is 23.1 Å². The minimum Gasteiger partial charge on any atom is -0.505 e. The van der Waals surface area contributed by atoms with Crippen molar-refractivity contribution in [1.29, 1.82) is 0 Å². The molecule has 2 fully saturated rings. The maximum atomic E-state index is 14.1. The Morgan fingerprint density at radius 1 is 1.00 bits per heavy atom. The van der Waals surface area contributed by atoms with Crippen molar-refractivity contribution in [2.75, 3.05) is 13.2 Å². The number of hydrogen-bond donors (Lipinski definition) is 1. The zero-order chi connectivity index (χ0) is 25.8. The zero-order valence-corrected chi connectivity index (χ0v) is 19.7. The average Bonchev–Trinajstić information content (AvgIpc) is 3.09. The van der Waals surface area contributed by atoms with Gasteiger partial charge in [0.15, 0.2) is 11.6 Å². The summed E-state index contributed by atoms with van der Waals surface area (Å²) in [6.45, 7) is 1.45. The Bertz CT molecular complexity index is 915. The Hall–Kier alpha value is -1.55. The average molecular weight is 513 g/mol. The van der Waals surface area contributed by atoms with Gasteiger partial charge < -0.3 is 14.6 Å². The number of fused-ring (bicyclic) bond motifs is 5. The van der Waals surface area contributed by atoms with Gasteiger partial charge in [-0.2, -0.15) is 26.3 Å². The van der Waals surface area contributed by atoms with Crippen LogP contribution in [0.15, 0.2) is 12.1 Å². The first-order chi connectivity index (χ1) is 16.2. The molecule has 0 aromatic heterocycles. The van der Waals surface area contributed by atoms with E-state index >= 15 is 0 Å². The fourth-order valence-corrected chi connectivity index (χ4v) is 6.69. The smallest absolute Gasteiger partial charge is 0.426 e. The molecule has 3 aliphatic carbocycles. The van der Waals surface area contributed by atoms with Crippen LogP contribution in [0.25, 0.3) is 0 Å². The molecular formula is C25H31F7O3. The summed E-state index contributed by atoms with van der Waals surface area (Å²) in [4.78, 5) is 0. The summed E-state index contributed by atoms with van der Waals surface area (Å²) in [5.74, 6) is -0.0409. The van der Waals surface area contributed by atoms with Crippen molar-refractivity contribution in [3.05, 3.63) is 29.1 Å². The van der Waals surface area contributed by atoms with Crippen LogP contribution >= 0.6 is 0 Å². The molecule has 5 atom stereocenters. The number of halogens is 7. The Morgan fingerprint density at radius 3 is 2.34 bits per heavy atom. The van der Waals surface area contributed by atoms with Gasteiger partial charge in [0, 0.05) is 6.61 Å². The van der Waals surface area contributed by atoms with Crippen molar-refractivity contribution < 1.29 is 45.3 Å². The van der Waals surface area contributed by atoms with Crippen LogP contribution in [-0.4, -0.2) is 42.4 Å². The van der Waals surface area contributed by atoms with Crippen molar-refractivity contribution in [3.63, 3.8) is 0 Å². The molecule has 0 amide bonds. The number of hydrogen-bond acceptors (Lipinski definition) is 3. The molecule has 1 aromatic rings. The first-order valence-electron chi connectivity index (χ1n) is 12.1. The van der Waals surface area contributed by atoms with Crippen LogP contribution in [0.1, 0.15) is 69.4 Å². The second-order valence-corrected chi connectivity index (χ2v) is 10.6. The van der Waals surface area contributed by atoms with Crippen LogP contribution in [-0.2, 0) is 15.9 Å². The fourth-order valence-electron chi connectivity index (χ4n) is 6.69. The van der Waals surface area contributed by atoms with E-state index in [1.807, 2.05) is 0 Å². The minimum absolute atomic E-state index is 0.00442. The third-order valence-corrected chi connectivity index (χ3v) is 8.79. The number of aromatic hydroxyl groups is 1. The van der Waals surface area contributed by atoms with Crippen LogP contribution in [0.5, 0.6) is 5.75 Å². The summed E-state index contributed by atoms with van der Waals surface area (Å²) in [6.07, 6.45) is -6.32. The molecule has 0 aliphatic heterocycles. The molecule has 0 radical (unpaired) electrons. The van der Waals surface area contributed by atoms with Gasteiger partial charge in [0.2, 0.25) is 0 Å².